The first-order valence-corrected chi connectivity index (χ1v) is 6.92. The van der Waals surface area contributed by atoms with E-state index in [-0.39, 0.29) is 0 Å². The third kappa shape index (κ3) is 3.28. The Kier molecular flexibility index (Phi) is 3.95. The molecule has 0 saturated heterocycles. The summed E-state index contributed by atoms with van der Waals surface area (Å²) in [4.78, 5) is 8.41. The zero-order chi connectivity index (χ0) is 14.5. The monoisotopic (exact) mass is 283 g/mol. The summed E-state index contributed by atoms with van der Waals surface area (Å²) >= 11 is 0. The summed E-state index contributed by atoms with van der Waals surface area (Å²) < 4.78 is 7.35. The van der Waals surface area contributed by atoms with E-state index in [2.05, 4.69) is 20.4 Å². The molecule has 0 aliphatic carbocycles. The fourth-order valence-corrected chi connectivity index (χ4v) is 2.05. The lowest BCUT2D eigenvalue weighted by atomic mass is 10.3. The number of aromatic nitrogens is 4. The van der Waals surface area contributed by atoms with Gasteiger partial charge in [0.1, 0.15) is 17.9 Å². The maximum Gasteiger partial charge on any atom is 0.254 e. The van der Waals surface area contributed by atoms with Crippen molar-refractivity contribution in [2.45, 2.75) is 13.3 Å². The van der Waals surface area contributed by atoms with Gasteiger partial charge in [0.25, 0.3) is 5.78 Å². The molecule has 0 atom stereocenters. The Morgan fingerprint density at radius 1 is 1.24 bits per heavy atom. The highest BCUT2D eigenvalue weighted by Gasteiger charge is 2.04. The second-order valence-corrected chi connectivity index (χ2v) is 4.70. The average Bonchev–Trinajstić information content (AvgIpc) is 2.96. The fraction of sp³-hybridized carbons (Fsp3) is 0.267. The third-order valence-electron chi connectivity index (χ3n) is 3.02. The van der Waals surface area contributed by atoms with Crippen LogP contribution in [0, 0.1) is 6.92 Å². The predicted octanol–water partition coefficient (Wildman–Crippen LogP) is 2.31. The van der Waals surface area contributed by atoms with Gasteiger partial charge in [-0.15, -0.1) is 0 Å². The summed E-state index contributed by atoms with van der Waals surface area (Å²) in [5.74, 6) is 2.41. The van der Waals surface area contributed by atoms with Crippen molar-refractivity contribution in [3.63, 3.8) is 0 Å². The Hall–Kier alpha value is -2.63. The van der Waals surface area contributed by atoms with Crippen LogP contribution < -0.4 is 10.1 Å². The lowest BCUT2D eigenvalue weighted by Crippen LogP contribution is -2.11. The van der Waals surface area contributed by atoms with Crippen molar-refractivity contribution in [3.05, 3.63) is 48.4 Å². The quantitative estimate of drug-likeness (QED) is 0.703. The van der Waals surface area contributed by atoms with Gasteiger partial charge in [-0.2, -0.15) is 14.6 Å². The summed E-state index contributed by atoms with van der Waals surface area (Å²) in [5, 5.41) is 7.50. The number of nitrogens with one attached hydrogen (secondary N) is 1. The van der Waals surface area contributed by atoms with Gasteiger partial charge in [0, 0.05) is 18.3 Å². The average molecular weight is 283 g/mol. The molecular formula is C15H17N5O. The van der Waals surface area contributed by atoms with Gasteiger partial charge in [-0.05, 0) is 25.5 Å². The molecule has 3 rings (SSSR count). The largest absolute Gasteiger partial charge is 0.494 e. The molecule has 0 saturated carbocycles. The van der Waals surface area contributed by atoms with E-state index in [9.17, 15) is 0 Å². The Balaban J connectivity index is 1.52. The normalized spacial score (nSPS) is 10.7. The minimum atomic E-state index is 0.609. The standard InChI is InChI=1S/C15H17N5O/c1-12-10-14(20-15(19-12)17-11-18-20)16-8-5-9-21-13-6-3-2-4-7-13/h2-4,6-7,10-11,16H,5,8-9H2,1H3. The van der Waals surface area contributed by atoms with Crippen molar-refractivity contribution in [1.29, 1.82) is 0 Å². The number of nitrogens with zero attached hydrogens (tertiary/aromatic N) is 4. The number of para-hydroxylation sites is 1. The zero-order valence-corrected chi connectivity index (χ0v) is 11.9. The van der Waals surface area contributed by atoms with E-state index >= 15 is 0 Å². The van der Waals surface area contributed by atoms with Crippen LogP contribution in [0.1, 0.15) is 12.1 Å². The van der Waals surface area contributed by atoms with Crippen LogP contribution in [0.2, 0.25) is 0 Å². The summed E-state index contributed by atoms with van der Waals surface area (Å²) in [6.07, 6.45) is 2.40. The molecule has 21 heavy (non-hydrogen) atoms. The summed E-state index contributed by atoms with van der Waals surface area (Å²) in [7, 11) is 0. The Morgan fingerprint density at radius 2 is 2.10 bits per heavy atom. The molecule has 2 aromatic heterocycles. The van der Waals surface area contributed by atoms with Crippen LogP contribution in [0.5, 0.6) is 5.75 Å². The Morgan fingerprint density at radius 3 is 2.95 bits per heavy atom. The maximum atomic E-state index is 5.65. The van der Waals surface area contributed by atoms with Crippen molar-refractivity contribution in [2.75, 3.05) is 18.5 Å². The van der Waals surface area contributed by atoms with Crippen molar-refractivity contribution >= 4 is 11.6 Å². The highest BCUT2D eigenvalue weighted by molar-refractivity contribution is 5.44. The van der Waals surface area contributed by atoms with Gasteiger partial charge in [0.15, 0.2) is 0 Å². The number of hydrogen-bond acceptors (Lipinski definition) is 5. The van der Waals surface area contributed by atoms with Gasteiger partial charge in [-0.3, -0.25) is 0 Å². The van der Waals surface area contributed by atoms with Gasteiger partial charge >= 0.3 is 0 Å². The molecule has 0 unspecified atom stereocenters. The number of hydrogen-bond donors (Lipinski definition) is 1. The first kappa shape index (κ1) is 13.4. The van der Waals surface area contributed by atoms with Crippen LogP contribution in [0.3, 0.4) is 0 Å². The summed E-state index contributed by atoms with van der Waals surface area (Å²) in [5.41, 5.74) is 0.915. The molecule has 0 amide bonds. The number of benzene rings is 1. The number of rotatable bonds is 6. The molecule has 108 valence electrons. The zero-order valence-electron chi connectivity index (χ0n) is 11.9. The number of anilines is 1. The molecule has 0 fully saturated rings. The molecule has 0 bridgehead atoms. The molecular weight excluding hydrogens is 266 g/mol. The van der Waals surface area contributed by atoms with Crippen LogP contribution in [0.25, 0.3) is 5.78 Å². The minimum absolute atomic E-state index is 0.609. The first-order chi connectivity index (χ1) is 10.3. The van der Waals surface area contributed by atoms with E-state index in [4.69, 9.17) is 4.74 Å². The van der Waals surface area contributed by atoms with Crippen LogP contribution in [0.15, 0.2) is 42.7 Å². The van der Waals surface area contributed by atoms with Crippen molar-refractivity contribution < 1.29 is 4.74 Å². The van der Waals surface area contributed by atoms with Gasteiger partial charge in [0.05, 0.1) is 6.61 Å². The lowest BCUT2D eigenvalue weighted by Gasteiger charge is -2.09. The molecule has 0 aliphatic heterocycles. The van der Waals surface area contributed by atoms with Gasteiger partial charge < -0.3 is 10.1 Å². The van der Waals surface area contributed by atoms with Gasteiger partial charge in [-0.1, -0.05) is 18.2 Å². The van der Waals surface area contributed by atoms with E-state index in [1.807, 2.05) is 43.3 Å². The van der Waals surface area contributed by atoms with Crippen molar-refractivity contribution in [1.82, 2.24) is 19.6 Å². The van der Waals surface area contributed by atoms with Gasteiger partial charge in [0.2, 0.25) is 0 Å². The molecule has 0 aliphatic rings. The summed E-state index contributed by atoms with van der Waals surface area (Å²) in [6, 6.07) is 11.8. The minimum Gasteiger partial charge on any atom is -0.494 e. The Bertz CT molecular complexity index is 710. The van der Waals surface area contributed by atoms with Crippen LogP contribution in [-0.2, 0) is 0 Å². The van der Waals surface area contributed by atoms with Gasteiger partial charge in [-0.25, -0.2) is 4.98 Å². The Labute approximate surface area is 122 Å². The molecule has 1 N–H and O–H groups in total. The molecule has 0 radical (unpaired) electrons. The molecule has 1 aromatic carbocycles. The number of fused-ring (bicyclic) bond motifs is 1. The van der Waals surface area contributed by atoms with E-state index in [0.717, 1.165) is 30.2 Å². The van der Waals surface area contributed by atoms with Crippen molar-refractivity contribution in [3.8, 4) is 5.75 Å². The third-order valence-corrected chi connectivity index (χ3v) is 3.02. The molecule has 2 heterocycles. The second kappa shape index (κ2) is 6.21. The molecule has 3 aromatic rings. The smallest absolute Gasteiger partial charge is 0.254 e. The predicted molar refractivity (Wildman–Crippen MR) is 80.6 cm³/mol. The fourth-order valence-electron chi connectivity index (χ4n) is 2.05. The van der Waals surface area contributed by atoms with E-state index < -0.39 is 0 Å². The lowest BCUT2D eigenvalue weighted by molar-refractivity contribution is 0.315. The van der Waals surface area contributed by atoms with E-state index in [0.29, 0.717) is 12.4 Å². The SMILES string of the molecule is Cc1cc(NCCCOc2ccccc2)n2ncnc2n1. The highest BCUT2D eigenvalue weighted by Crippen LogP contribution is 2.11. The topological polar surface area (TPSA) is 64.3 Å². The van der Waals surface area contributed by atoms with Crippen LogP contribution in [0.4, 0.5) is 5.82 Å². The van der Waals surface area contributed by atoms with Crippen LogP contribution >= 0.6 is 0 Å². The van der Waals surface area contributed by atoms with E-state index in [1.165, 1.54) is 6.33 Å². The maximum absolute atomic E-state index is 5.65. The molecule has 6 nitrogen and oxygen atoms in total. The summed E-state index contributed by atoms with van der Waals surface area (Å²) in [6.45, 7) is 3.41. The molecule has 6 heteroatoms. The second-order valence-electron chi connectivity index (χ2n) is 4.70. The number of ether oxygens (including phenoxy) is 1. The van der Waals surface area contributed by atoms with Crippen molar-refractivity contribution in [2.24, 2.45) is 0 Å². The first-order valence-electron chi connectivity index (χ1n) is 6.92. The van der Waals surface area contributed by atoms with E-state index in [1.54, 1.807) is 4.52 Å². The van der Waals surface area contributed by atoms with Crippen LogP contribution in [-0.4, -0.2) is 32.7 Å². The molecule has 0 spiro atoms. The highest BCUT2D eigenvalue weighted by atomic mass is 16.5. The number of aryl methyl sites for hydroxylation is 1.